The molecule has 0 unspecified atom stereocenters. The van der Waals surface area contributed by atoms with Crippen LogP contribution >= 0.6 is 0 Å². The second-order valence-electron chi connectivity index (χ2n) is 2.45. The lowest BCUT2D eigenvalue weighted by Gasteiger charge is -2.13. The first-order valence-electron chi connectivity index (χ1n) is 4.10. The zero-order valence-electron chi connectivity index (χ0n) is 8.13. The van der Waals surface area contributed by atoms with Crippen molar-refractivity contribution in [2.24, 2.45) is 0 Å². The van der Waals surface area contributed by atoms with E-state index in [0.29, 0.717) is 0 Å². The van der Waals surface area contributed by atoms with Gasteiger partial charge in [-0.25, -0.2) is 0 Å². The molecule has 12 heavy (non-hydrogen) atoms. The average Bonchev–Trinajstić information content (AvgIpc) is 2.11. The lowest BCUT2D eigenvalue weighted by atomic mass is 10.4. The highest BCUT2D eigenvalue weighted by atomic mass is 16.7. The number of nitrogens with one attached hydrogen (secondary N) is 1. The van der Waals surface area contributed by atoms with Crippen LogP contribution in [0, 0.1) is 0 Å². The summed E-state index contributed by atoms with van der Waals surface area (Å²) in [4.78, 5) is 0. The first-order valence-corrected chi connectivity index (χ1v) is 4.10. The molecule has 4 heteroatoms. The van der Waals surface area contributed by atoms with Crippen LogP contribution in [0.4, 0.5) is 0 Å². The van der Waals surface area contributed by atoms with Crippen LogP contribution in [-0.2, 0) is 14.2 Å². The van der Waals surface area contributed by atoms with E-state index in [-0.39, 0.29) is 6.29 Å². The Bertz CT molecular complexity index is 86.4. The second kappa shape index (κ2) is 8.93. The minimum atomic E-state index is -0.146. The van der Waals surface area contributed by atoms with Gasteiger partial charge in [-0.1, -0.05) is 0 Å². The van der Waals surface area contributed by atoms with Gasteiger partial charge in [-0.2, -0.15) is 0 Å². The fraction of sp³-hybridized carbons (Fsp3) is 1.00. The summed E-state index contributed by atoms with van der Waals surface area (Å²) in [5, 5.41) is 3.19. The molecule has 0 rings (SSSR count). The molecule has 0 heterocycles. The van der Waals surface area contributed by atoms with Gasteiger partial charge in [0, 0.05) is 34.5 Å². The zero-order chi connectivity index (χ0) is 9.23. The van der Waals surface area contributed by atoms with E-state index in [1.807, 2.05) is 0 Å². The van der Waals surface area contributed by atoms with Gasteiger partial charge in [0.05, 0.1) is 0 Å². The standard InChI is InChI=1S/C8H19NO3/c1-10-6-4-5-9-7-8(11-2)12-3/h8-9H,4-7H2,1-3H3. The van der Waals surface area contributed by atoms with E-state index in [4.69, 9.17) is 14.2 Å². The minimum absolute atomic E-state index is 0.146. The van der Waals surface area contributed by atoms with Crippen molar-refractivity contribution in [1.29, 1.82) is 0 Å². The van der Waals surface area contributed by atoms with E-state index in [0.717, 1.165) is 26.1 Å². The molecule has 0 saturated carbocycles. The van der Waals surface area contributed by atoms with Crippen LogP contribution in [0.5, 0.6) is 0 Å². The SMILES string of the molecule is COCCCNCC(OC)OC. The monoisotopic (exact) mass is 177 g/mol. The van der Waals surface area contributed by atoms with E-state index in [2.05, 4.69) is 5.32 Å². The smallest absolute Gasteiger partial charge is 0.169 e. The van der Waals surface area contributed by atoms with Crippen molar-refractivity contribution in [2.75, 3.05) is 41.0 Å². The summed E-state index contributed by atoms with van der Waals surface area (Å²) in [7, 11) is 4.96. The van der Waals surface area contributed by atoms with Crippen molar-refractivity contribution in [3.8, 4) is 0 Å². The van der Waals surface area contributed by atoms with Crippen molar-refractivity contribution < 1.29 is 14.2 Å². The van der Waals surface area contributed by atoms with Crippen LogP contribution in [0.2, 0.25) is 0 Å². The quantitative estimate of drug-likeness (QED) is 0.425. The Morgan fingerprint density at radius 1 is 1.17 bits per heavy atom. The van der Waals surface area contributed by atoms with Gasteiger partial charge in [0.1, 0.15) is 0 Å². The molecule has 0 radical (unpaired) electrons. The van der Waals surface area contributed by atoms with Crippen LogP contribution in [0.1, 0.15) is 6.42 Å². The molecule has 1 N–H and O–H groups in total. The van der Waals surface area contributed by atoms with Gasteiger partial charge in [0.15, 0.2) is 6.29 Å². The summed E-state index contributed by atoms with van der Waals surface area (Å²) in [6, 6.07) is 0. The topological polar surface area (TPSA) is 39.7 Å². The van der Waals surface area contributed by atoms with Crippen molar-refractivity contribution >= 4 is 0 Å². The van der Waals surface area contributed by atoms with Gasteiger partial charge in [0.25, 0.3) is 0 Å². The molecule has 0 bridgehead atoms. The van der Waals surface area contributed by atoms with Gasteiger partial charge in [-0.3, -0.25) is 0 Å². The molecule has 0 aromatic carbocycles. The zero-order valence-corrected chi connectivity index (χ0v) is 8.13. The molecule has 0 aliphatic heterocycles. The predicted molar refractivity (Wildman–Crippen MR) is 47.2 cm³/mol. The number of hydrogen-bond donors (Lipinski definition) is 1. The third kappa shape index (κ3) is 6.54. The largest absolute Gasteiger partial charge is 0.385 e. The molecule has 0 amide bonds. The lowest BCUT2D eigenvalue weighted by molar-refractivity contribution is -0.0987. The Labute approximate surface area is 74.2 Å². The summed E-state index contributed by atoms with van der Waals surface area (Å²) in [6.45, 7) is 2.44. The Balaban J connectivity index is 3.06. The molecule has 0 aliphatic rings. The Hall–Kier alpha value is -0.160. The van der Waals surface area contributed by atoms with E-state index in [9.17, 15) is 0 Å². The summed E-state index contributed by atoms with van der Waals surface area (Å²) in [5.74, 6) is 0. The van der Waals surface area contributed by atoms with E-state index in [1.165, 1.54) is 0 Å². The van der Waals surface area contributed by atoms with Crippen molar-refractivity contribution in [2.45, 2.75) is 12.7 Å². The summed E-state index contributed by atoms with van der Waals surface area (Å²) in [5.41, 5.74) is 0. The fourth-order valence-electron chi connectivity index (χ4n) is 0.824. The van der Waals surface area contributed by atoms with Crippen LogP contribution < -0.4 is 5.32 Å². The van der Waals surface area contributed by atoms with Crippen LogP contribution in [0.3, 0.4) is 0 Å². The van der Waals surface area contributed by atoms with E-state index in [1.54, 1.807) is 21.3 Å². The average molecular weight is 177 g/mol. The van der Waals surface area contributed by atoms with E-state index < -0.39 is 0 Å². The molecule has 0 aliphatic carbocycles. The van der Waals surface area contributed by atoms with Crippen molar-refractivity contribution in [3.05, 3.63) is 0 Å². The molecular formula is C8H19NO3. The fourth-order valence-corrected chi connectivity index (χ4v) is 0.824. The summed E-state index contributed by atoms with van der Waals surface area (Å²) in [6.07, 6.45) is 0.865. The Morgan fingerprint density at radius 3 is 2.33 bits per heavy atom. The predicted octanol–water partition coefficient (Wildman–Crippen LogP) is 0.231. The number of ether oxygens (including phenoxy) is 3. The van der Waals surface area contributed by atoms with Gasteiger partial charge < -0.3 is 19.5 Å². The lowest BCUT2D eigenvalue weighted by Crippen LogP contribution is -2.30. The maximum Gasteiger partial charge on any atom is 0.169 e. The van der Waals surface area contributed by atoms with Gasteiger partial charge in [0.2, 0.25) is 0 Å². The third-order valence-corrected chi connectivity index (χ3v) is 1.54. The van der Waals surface area contributed by atoms with Crippen LogP contribution in [0.15, 0.2) is 0 Å². The third-order valence-electron chi connectivity index (χ3n) is 1.54. The van der Waals surface area contributed by atoms with Crippen LogP contribution in [-0.4, -0.2) is 47.3 Å². The maximum absolute atomic E-state index is 4.99. The second-order valence-corrected chi connectivity index (χ2v) is 2.45. The van der Waals surface area contributed by atoms with Gasteiger partial charge in [-0.05, 0) is 13.0 Å². The normalized spacial score (nSPS) is 11.0. The highest BCUT2D eigenvalue weighted by Crippen LogP contribution is 1.87. The number of methoxy groups -OCH3 is 3. The van der Waals surface area contributed by atoms with Gasteiger partial charge in [-0.15, -0.1) is 0 Å². The molecule has 0 saturated heterocycles. The molecule has 74 valence electrons. The van der Waals surface area contributed by atoms with Gasteiger partial charge >= 0.3 is 0 Å². The molecule has 0 fully saturated rings. The first-order chi connectivity index (χ1) is 5.85. The molecular weight excluding hydrogens is 158 g/mol. The minimum Gasteiger partial charge on any atom is -0.385 e. The summed E-state index contributed by atoms with van der Waals surface area (Å²) < 4.78 is 14.9. The highest BCUT2D eigenvalue weighted by Gasteiger charge is 2.02. The molecule has 0 aromatic rings. The number of hydrogen-bond acceptors (Lipinski definition) is 4. The van der Waals surface area contributed by atoms with Crippen molar-refractivity contribution in [3.63, 3.8) is 0 Å². The molecule has 0 spiro atoms. The van der Waals surface area contributed by atoms with Crippen LogP contribution in [0.25, 0.3) is 0 Å². The first kappa shape index (κ1) is 11.8. The Morgan fingerprint density at radius 2 is 1.83 bits per heavy atom. The molecule has 0 aromatic heterocycles. The summed E-state index contributed by atoms with van der Waals surface area (Å²) >= 11 is 0. The number of rotatable bonds is 8. The highest BCUT2D eigenvalue weighted by molar-refractivity contribution is 4.50. The van der Waals surface area contributed by atoms with E-state index >= 15 is 0 Å². The van der Waals surface area contributed by atoms with Crippen molar-refractivity contribution in [1.82, 2.24) is 5.32 Å². The Kier molecular flexibility index (Phi) is 8.81. The molecule has 4 nitrogen and oxygen atoms in total. The molecule has 0 atom stereocenters. The maximum atomic E-state index is 4.99.